The summed E-state index contributed by atoms with van der Waals surface area (Å²) in [7, 11) is -3.57. The van der Waals surface area contributed by atoms with Crippen molar-refractivity contribution in [2.24, 2.45) is 0 Å². The molecule has 0 spiro atoms. The van der Waals surface area contributed by atoms with Crippen molar-refractivity contribution in [3.63, 3.8) is 0 Å². The minimum atomic E-state index is -3.57. The Bertz CT molecular complexity index is 1080. The van der Waals surface area contributed by atoms with E-state index in [1.54, 1.807) is 60.0 Å². The van der Waals surface area contributed by atoms with Crippen molar-refractivity contribution in [2.75, 3.05) is 16.2 Å². The summed E-state index contributed by atoms with van der Waals surface area (Å²) < 4.78 is 32.9. The van der Waals surface area contributed by atoms with Crippen LogP contribution in [-0.2, 0) is 16.4 Å². The fourth-order valence-corrected chi connectivity index (χ4v) is 5.79. The van der Waals surface area contributed by atoms with Crippen LogP contribution in [0.3, 0.4) is 0 Å². The Hall–Kier alpha value is -2.84. The smallest absolute Gasteiger partial charge is 0.410 e. The molecular formula is C20H18N2O4S2. The van der Waals surface area contributed by atoms with Crippen molar-refractivity contribution < 1.29 is 17.9 Å². The highest BCUT2D eigenvalue weighted by molar-refractivity contribution is 7.94. The minimum absolute atomic E-state index is 0.328. The average molecular weight is 415 g/mol. The molecule has 4 rings (SSSR count). The first-order chi connectivity index (χ1) is 13.5. The number of para-hydroxylation sites is 1. The zero-order valence-electron chi connectivity index (χ0n) is 14.9. The van der Waals surface area contributed by atoms with E-state index in [1.807, 2.05) is 6.07 Å². The first-order valence-electron chi connectivity index (χ1n) is 8.77. The zero-order chi connectivity index (χ0) is 19.6. The molecule has 3 aromatic rings. The number of anilines is 2. The Morgan fingerprint density at radius 2 is 1.89 bits per heavy atom. The van der Waals surface area contributed by atoms with E-state index in [2.05, 4.69) is 5.32 Å². The predicted octanol–water partition coefficient (Wildman–Crippen LogP) is 4.50. The molecule has 0 unspecified atom stereocenters. The number of aryl methyl sites for hydroxylation is 1. The van der Waals surface area contributed by atoms with Crippen LogP contribution < -0.4 is 14.4 Å². The van der Waals surface area contributed by atoms with Gasteiger partial charge in [-0.3, -0.25) is 9.62 Å². The molecule has 0 saturated heterocycles. The van der Waals surface area contributed by atoms with E-state index in [9.17, 15) is 13.2 Å². The van der Waals surface area contributed by atoms with Crippen LogP contribution in [0.4, 0.5) is 16.2 Å². The van der Waals surface area contributed by atoms with Gasteiger partial charge in [0.25, 0.3) is 10.0 Å². The van der Waals surface area contributed by atoms with E-state index in [0.29, 0.717) is 27.9 Å². The van der Waals surface area contributed by atoms with Crippen LogP contribution in [0.15, 0.2) is 70.3 Å². The van der Waals surface area contributed by atoms with Gasteiger partial charge < -0.3 is 4.74 Å². The molecule has 0 bridgehead atoms. The quantitative estimate of drug-likeness (QED) is 0.682. The average Bonchev–Trinajstić information content (AvgIpc) is 3.24. The molecule has 28 heavy (non-hydrogen) atoms. The molecular weight excluding hydrogens is 396 g/mol. The number of hydrogen-bond acceptors (Lipinski definition) is 5. The minimum Gasteiger partial charge on any atom is -0.410 e. The van der Waals surface area contributed by atoms with Crippen molar-refractivity contribution >= 4 is 38.8 Å². The summed E-state index contributed by atoms with van der Waals surface area (Å²) >= 11 is 1.21. The summed E-state index contributed by atoms with van der Waals surface area (Å²) in [4.78, 5) is 12.1. The third-order valence-electron chi connectivity index (χ3n) is 4.40. The van der Waals surface area contributed by atoms with Crippen LogP contribution in [0.25, 0.3) is 0 Å². The number of amides is 1. The third kappa shape index (κ3) is 3.74. The summed E-state index contributed by atoms with van der Waals surface area (Å²) in [6, 6.07) is 17.4. The highest BCUT2D eigenvalue weighted by atomic mass is 32.2. The van der Waals surface area contributed by atoms with Gasteiger partial charge in [-0.1, -0.05) is 24.3 Å². The molecule has 144 valence electrons. The molecule has 1 aromatic heterocycles. The SMILES string of the molecule is O=C(Nc1ccc2c(c1)CCCN2S(=O)(=O)c1cccs1)Oc1ccccc1. The van der Waals surface area contributed by atoms with Crippen molar-refractivity contribution in [1.82, 2.24) is 0 Å². The van der Waals surface area contributed by atoms with Crippen molar-refractivity contribution in [2.45, 2.75) is 17.1 Å². The maximum absolute atomic E-state index is 12.9. The molecule has 0 radical (unpaired) electrons. The maximum atomic E-state index is 12.9. The highest BCUT2D eigenvalue weighted by Gasteiger charge is 2.30. The number of fused-ring (bicyclic) bond motifs is 1. The monoisotopic (exact) mass is 414 g/mol. The van der Waals surface area contributed by atoms with Crippen LogP contribution in [0.5, 0.6) is 5.75 Å². The molecule has 2 aromatic carbocycles. The number of carbonyl (C=O) groups excluding carboxylic acids is 1. The molecule has 1 aliphatic rings. The highest BCUT2D eigenvalue weighted by Crippen LogP contribution is 2.34. The lowest BCUT2D eigenvalue weighted by Gasteiger charge is -2.30. The molecule has 2 heterocycles. The molecule has 1 N–H and O–H groups in total. The standard InChI is InChI=1S/C20H18N2O4S2/c23-20(26-17-7-2-1-3-8-17)21-16-10-11-18-15(14-16)6-4-12-22(18)28(24,25)19-9-5-13-27-19/h1-3,5,7-11,13-14H,4,6,12H2,(H,21,23). The molecule has 0 atom stereocenters. The van der Waals surface area contributed by atoms with Gasteiger partial charge in [-0.25, -0.2) is 13.2 Å². The van der Waals surface area contributed by atoms with Gasteiger partial charge in [-0.15, -0.1) is 11.3 Å². The lowest BCUT2D eigenvalue weighted by Crippen LogP contribution is -2.35. The van der Waals surface area contributed by atoms with E-state index in [1.165, 1.54) is 15.6 Å². The lowest BCUT2D eigenvalue weighted by atomic mass is 10.0. The number of thiophene rings is 1. The Labute approximate surface area is 167 Å². The van der Waals surface area contributed by atoms with Gasteiger partial charge in [0.05, 0.1) is 5.69 Å². The Balaban J connectivity index is 1.54. The number of hydrogen-bond donors (Lipinski definition) is 1. The predicted molar refractivity (Wildman–Crippen MR) is 110 cm³/mol. The fraction of sp³-hybridized carbons (Fsp3) is 0.150. The molecule has 0 fully saturated rings. The van der Waals surface area contributed by atoms with Crippen molar-refractivity contribution in [1.29, 1.82) is 0 Å². The summed E-state index contributed by atoms with van der Waals surface area (Å²) in [6.07, 6.45) is 0.870. The molecule has 8 heteroatoms. The topological polar surface area (TPSA) is 75.7 Å². The molecule has 1 amide bonds. The van der Waals surface area contributed by atoms with Crippen LogP contribution in [0, 0.1) is 0 Å². The van der Waals surface area contributed by atoms with E-state index < -0.39 is 16.1 Å². The van der Waals surface area contributed by atoms with E-state index in [0.717, 1.165) is 18.4 Å². The van der Waals surface area contributed by atoms with Crippen molar-refractivity contribution in [3.8, 4) is 5.75 Å². The van der Waals surface area contributed by atoms with E-state index >= 15 is 0 Å². The number of rotatable bonds is 4. The van der Waals surface area contributed by atoms with Gasteiger partial charge >= 0.3 is 6.09 Å². The number of ether oxygens (including phenoxy) is 1. The lowest BCUT2D eigenvalue weighted by molar-refractivity contribution is 0.215. The van der Waals surface area contributed by atoms with Crippen LogP contribution in [0.1, 0.15) is 12.0 Å². The number of carbonyl (C=O) groups is 1. The zero-order valence-corrected chi connectivity index (χ0v) is 16.5. The van der Waals surface area contributed by atoms with Crippen LogP contribution >= 0.6 is 11.3 Å². The second-order valence-corrected chi connectivity index (χ2v) is 9.32. The normalized spacial score (nSPS) is 13.6. The number of benzene rings is 2. The van der Waals surface area contributed by atoms with Gasteiger partial charge in [-0.05, 0) is 60.2 Å². The van der Waals surface area contributed by atoms with E-state index in [-0.39, 0.29) is 0 Å². The van der Waals surface area contributed by atoms with Gasteiger partial charge in [0.15, 0.2) is 0 Å². The molecule has 1 aliphatic heterocycles. The largest absolute Gasteiger partial charge is 0.417 e. The van der Waals surface area contributed by atoms with Crippen molar-refractivity contribution in [3.05, 3.63) is 71.6 Å². The summed E-state index contributed by atoms with van der Waals surface area (Å²) in [6.45, 7) is 0.441. The molecule has 0 saturated carbocycles. The fourth-order valence-electron chi connectivity index (χ4n) is 3.15. The maximum Gasteiger partial charge on any atom is 0.417 e. The Kier molecular flexibility index (Phi) is 5.06. The summed E-state index contributed by atoms with van der Waals surface area (Å²) in [5, 5.41) is 4.45. The molecule has 6 nitrogen and oxygen atoms in total. The van der Waals surface area contributed by atoms with E-state index in [4.69, 9.17) is 4.74 Å². The van der Waals surface area contributed by atoms with Crippen LogP contribution in [0.2, 0.25) is 0 Å². The third-order valence-corrected chi connectivity index (χ3v) is 7.58. The second kappa shape index (κ2) is 7.65. The first kappa shape index (κ1) is 18.5. The van der Waals surface area contributed by atoms with Crippen LogP contribution in [-0.4, -0.2) is 21.1 Å². The van der Waals surface area contributed by atoms with Gasteiger partial charge in [-0.2, -0.15) is 0 Å². The number of sulfonamides is 1. The number of nitrogens with one attached hydrogen (secondary N) is 1. The number of nitrogens with zero attached hydrogens (tertiary/aromatic N) is 1. The van der Waals surface area contributed by atoms with Gasteiger partial charge in [0, 0.05) is 12.2 Å². The first-order valence-corrected chi connectivity index (χ1v) is 11.1. The van der Waals surface area contributed by atoms with Gasteiger partial charge in [0.2, 0.25) is 0 Å². The molecule has 0 aliphatic carbocycles. The Morgan fingerprint density at radius 3 is 2.64 bits per heavy atom. The summed E-state index contributed by atoms with van der Waals surface area (Å²) in [5.41, 5.74) is 2.10. The summed E-state index contributed by atoms with van der Waals surface area (Å²) in [5.74, 6) is 0.450. The Morgan fingerprint density at radius 1 is 1.07 bits per heavy atom. The van der Waals surface area contributed by atoms with Gasteiger partial charge in [0.1, 0.15) is 9.96 Å². The second-order valence-electron chi connectivity index (χ2n) is 6.28.